The van der Waals surface area contributed by atoms with Gasteiger partial charge in [0.1, 0.15) is 6.10 Å². The summed E-state index contributed by atoms with van der Waals surface area (Å²) < 4.78 is 10.1. The summed E-state index contributed by atoms with van der Waals surface area (Å²) in [6.45, 7) is 3.10. The van der Waals surface area contributed by atoms with Gasteiger partial charge in [-0.05, 0) is 24.6 Å². The second-order valence-corrected chi connectivity index (χ2v) is 5.91. The van der Waals surface area contributed by atoms with Gasteiger partial charge in [0.05, 0.1) is 12.5 Å². The predicted molar refractivity (Wildman–Crippen MR) is 82.7 cm³/mol. The molecule has 1 N–H and O–H groups in total. The highest BCUT2D eigenvalue weighted by Gasteiger charge is 2.35. The Morgan fingerprint density at radius 2 is 2.04 bits per heavy atom. The van der Waals surface area contributed by atoms with Gasteiger partial charge in [-0.25, -0.2) is 4.79 Å². The lowest BCUT2D eigenvalue weighted by atomic mass is 10.0. The zero-order valence-electron chi connectivity index (χ0n) is 12.9. The van der Waals surface area contributed by atoms with Gasteiger partial charge in [-0.2, -0.15) is 0 Å². The standard InChI is InChI=1S/C16H18ClNO5/c1-9-7-14(16(21)22-9)23-15(20)8-13(18-10(2)19)11-3-5-12(17)6-4-11/h3-6,9,13-14H,7-8H2,1-2H3,(H,18,19). The summed E-state index contributed by atoms with van der Waals surface area (Å²) in [6.07, 6.45) is -0.876. The molecule has 124 valence electrons. The summed E-state index contributed by atoms with van der Waals surface area (Å²) in [7, 11) is 0. The van der Waals surface area contributed by atoms with Gasteiger partial charge in [-0.1, -0.05) is 23.7 Å². The van der Waals surface area contributed by atoms with Gasteiger partial charge in [0.2, 0.25) is 12.0 Å². The van der Waals surface area contributed by atoms with E-state index in [-0.39, 0.29) is 18.4 Å². The number of nitrogens with one attached hydrogen (secondary N) is 1. The van der Waals surface area contributed by atoms with E-state index in [4.69, 9.17) is 21.1 Å². The Morgan fingerprint density at radius 1 is 1.39 bits per heavy atom. The highest BCUT2D eigenvalue weighted by atomic mass is 35.5. The molecule has 1 amide bonds. The van der Waals surface area contributed by atoms with Crippen molar-refractivity contribution in [3.8, 4) is 0 Å². The normalized spacial score (nSPS) is 21.4. The molecule has 1 aliphatic rings. The highest BCUT2D eigenvalue weighted by molar-refractivity contribution is 6.30. The first-order valence-corrected chi connectivity index (χ1v) is 7.65. The number of carbonyl (C=O) groups excluding carboxylic acids is 3. The molecular formula is C16H18ClNO5. The van der Waals surface area contributed by atoms with Crippen LogP contribution in [0.5, 0.6) is 0 Å². The molecule has 1 aliphatic heterocycles. The van der Waals surface area contributed by atoms with Crippen molar-refractivity contribution < 1.29 is 23.9 Å². The number of rotatable bonds is 5. The molecule has 7 heteroatoms. The minimum atomic E-state index is -0.874. The first-order valence-electron chi connectivity index (χ1n) is 7.27. The third-order valence-electron chi connectivity index (χ3n) is 3.42. The average Bonchev–Trinajstić information content (AvgIpc) is 2.76. The van der Waals surface area contributed by atoms with Crippen molar-refractivity contribution >= 4 is 29.4 Å². The maximum atomic E-state index is 12.1. The molecule has 23 heavy (non-hydrogen) atoms. The molecule has 0 radical (unpaired) electrons. The Morgan fingerprint density at radius 3 is 2.57 bits per heavy atom. The molecule has 0 spiro atoms. The number of halogens is 1. The third-order valence-corrected chi connectivity index (χ3v) is 3.67. The van der Waals surface area contributed by atoms with E-state index in [0.717, 1.165) is 5.56 Å². The van der Waals surface area contributed by atoms with Crippen molar-refractivity contribution in [2.24, 2.45) is 0 Å². The van der Waals surface area contributed by atoms with Crippen LogP contribution in [0.2, 0.25) is 5.02 Å². The fourth-order valence-corrected chi connectivity index (χ4v) is 2.51. The molecule has 2 rings (SSSR count). The fraction of sp³-hybridized carbons (Fsp3) is 0.438. The van der Waals surface area contributed by atoms with Crippen LogP contribution in [-0.2, 0) is 23.9 Å². The van der Waals surface area contributed by atoms with Crippen LogP contribution >= 0.6 is 11.6 Å². The molecule has 3 unspecified atom stereocenters. The summed E-state index contributed by atoms with van der Waals surface area (Å²) >= 11 is 5.84. The molecular weight excluding hydrogens is 322 g/mol. The topological polar surface area (TPSA) is 81.7 Å². The van der Waals surface area contributed by atoms with E-state index >= 15 is 0 Å². The van der Waals surface area contributed by atoms with E-state index in [9.17, 15) is 14.4 Å². The quantitative estimate of drug-likeness (QED) is 0.831. The smallest absolute Gasteiger partial charge is 0.347 e. The summed E-state index contributed by atoms with van der Waals surface area (Å²) in [5, 5.41) is 3.25. The van der Waals surface area contributed by atoms with E-state index in [2.05, 4.69) is 5.32 Å². The number of cyclic esters (lactones) is 1. The summed E-state index contributed by atoms with van der Waals surface area (Å²) in [4.78, 5) is 34.9. The van der Waals surface area contributed by atoms with Gasteiger partial charge >= 0.3 is 11.9 Å². The van der Waals surface area contributed by atoms with Crippen LogP contribution in [0, 0.1) is 0 Å². The van der Waals surface area contributed by atoms with Crippen molar-refractivity contribution in [1.82, 2.24) is 5.32 Å². The Bertz CT molecular complexity index is 601. The number of hydrogen-bond acceptors (Lipinski definition) is 5. The first kappa shape index (κ1) is 17.3. The summed E-state index contributed by atoms with van der Waals surface area (Å²) in [5.74, 6) is -1.38. The first-order chi connectivity index (χ1) is 10.8. The summed E-state index contributed by atoms with van der Waals surface area (Å²) in [5.41, 5.74) is 0.726. The molecule has 0 bridgehead atoms. The van der Waals surface area contributed by atoms with Crippen molar-refractivity contribution in [1.29, 1.82) is 0 Å². The number of amides is 1. The van der Waals surface area contributed by atoms with Gasteiger partial charge in [-0.15, -0.1) is 0 Å². The maximum absolute atomic E-state index is 12.1. The maximum Gasteiger partial charge on any atom is 0.347 e. The number of carbonyl (C=O) groups is 3. The summed E-state index contributed by atoms with van der Waals surface area (Å²) in [6, 6.07) is 6.25. The molecule has 1 heterocycles. The predicted octanol–water partition coefficient (Wildman–Crippen LogP) is 2.15. The molecule has 6 nitrogen and oxygen atoms in total. The van der Waals surface area contributed by atoms with Gasteiger partial charge in [0.15, 0.2) is 0 Å². The molecule has 1 aromatic carbocycles. The van der Waals surface area contributed by atoms with Crippen molar-refractivity contribution in [3.05, 3.63) is 34.9 Å². The minimum absolute atomic E-state index is 0.0840. The second-order valence-electron chi connectivity index (χ2n) is 5.47. The number of ether oxygens (including phenoxy) is 2. The molecule has 0 saturated carbocycles. The Kier molecular flexibility index (Phi) is 5.60. The lowest BCUT2D eigenvalue weighted by Gasteiger charge is -2.18. The van der Waals surface area contributed by atoms with Crippen molar-refractivity contribution in [3.63, 3.8) is 0 Å². The number of hydrogen-bond donors (Lipinski definition) is 1. The SMILES string of the molecule is CC(=O)NC(CC(=O)OC1CC(C)OC1=O)c1ccc(Cl)cc1. The Balaban J connectivity index is 2.02. The molecule has 1 saturated heterocycles. The van der Waals surface area contributed by atoms with E-state index in [0.29, 0.717) is 11.4 Å². The highest BCUT2D eigenvalue weighted by Crippen LogP contribution is 2.22. The lowest BCUT2D eigenvalue weighted by Crippen LogP contribution is -2.30. The average molecular weight is 340 g/mol. The zero-order chi connectivity index (χ0) is 17.0. The van der Waals surface area contributed by atoms with Crippen molar-refractivity contribution in [2.45, 2.75) is 44.9 Å². The zero-order valence-corrected chi connectivity index (χ0v) is 13.6. The molecule has 1 aromatic rings. The fourth-order valence-electron chi connectivity index (χ4n) is 2.38. The molecule has 0 aromatic heterocycles. The number of benzene rings is 1. The molecule has 3 atom stereocenters. The van der Waals surface area contributed by atoms with Crippen LogP contribution in [-0.4, -0.2) is 30.1 Å². The van der Waals surface area contributed by atoms with E-state index in [1.807, 2.05) is 0 Å². The second kappa shape index (κ2) is 7.46. The Labute approximate surface area is 139 Å². The Hall–Kier alpha value is -2.08. The van der Waals surface area contributed by atoms with Crippen LogP contribution in [0.4, 0.5) is 0 Å². The minimum Gasteiger partial charge on any atom is -0.460 e. The number of esters is 2. The van der Waals surface area contributed by atoms with E-state index < -0.39 is 24.1 Å². The van der Waals surface area contributed by atoms with Crippen LogP contribution < -0.4 is 5.32 Å². The van der Waals surface area contributed by atoms with Gasteiger partial charge in [0, 0.05) is 18.4 Å². The lowest BCUT2D eigenvalue weighted by molar-refractivity contribution is -0.161. The van der Waals surface area contributed by atoms with E-state index in [1.165, 1.54) is 6.92 Å². The molecule has 0 aliphatic carbocycles. The van der Waals surface area contributed by atoms with Gasteiger partial charge in [-0.3, -0.25) is 9.59 Å². The largest absolute Gasteiger partial charge is 0.460 e. The van der Waals surface area contributed by atoms with Crippen molar-refractivity contribution in [2.75, 3.05) is 0 Å². The monoisotopic (exact) mass is 339 g/mol. The van der Waals surface area contributed by atoms with Crippen LogP contribution in [0.1, 0.15) is 38.3 Å². The van der Waals surface area contributed by atoms with Crippen LogP contribution in [0.25, 0.3) is 0 Å². The third kappa shape index (κ3) is 4.96. The van der Waals surface area contributed by atoms with Gasteiger partial charge in [0.25, 0.3) is 0 Å². The molecule has 1 fully saturated rings. The van der Waals surface area contributed by atoms with E-state index in [1.54, 1.807) is 31.2 Å². The van der Waals surface area contributed by atoms with Crippen LogP contribution in [0.15, 0.2) is 24.3 Å². The van der Waals surface area contributed by atoms with Crippen LogP contribution in [0.3, 0.4) is 0 Å². The van der Waals surface area contributed by atoms with Gasteiger partial charge < -0.3 is 14.8 Å².